The van der Waals surface area contributed by atoms with Crippen molar-refractivity contribution in [3.63, 3.8) is 0 Å². The van der Waals surface area contributed by atoms with Gasteiger partial charge in [-0.2, -0.15) is 0 Å². The molecular weight excluding hydrogens is 238 g/mol. The third-order valence-electron chi connectivity index (χ3n) is 4.17. The molecule has 0 spiro atoms. The van der Waals surface area contributed by atoms with Crippen LogP contribution < -0.4 is 11.1 Å². The summed E-state index contributed by atoms with van der Waals surface area (Å²) in [5.74, 6) is 1.56. The minimum atomic E-state index is 0.313. The van der Waals surface area contributed by atoms with Crippen LogP contribution in [0.1, 0.15) is 32.1 Å². The lowest BCUT2D eigenvalue weighted by molar-refractivity contribution is 0.320. The number of hydrogen-bond donors (Lipinski definition) is 2. The van der Waals surface area contributed by atoms with Crippen molar-refractivity contribution in [2.75, 3.05) is 11.9 Å². The van der Waals surface area contributed by atoms with Crippen molar-refractivity contribution in [1.29, 1.82) is 0 Å². The summed E-state index contributed by atoms with van der Waals surface area (Å²) in [6.07, 6.45) is 10.0. The largest absolute Gasteiger partial charge is 0.464 e. The molecule has 0 radical (unpaired) electrons. The maximum atomic E-state index is 5.96. The van der Waals surface area contributed by atoms with Crippen molar-refractivity contribution in [2.24, 2.45) is 11.7 Å². The van der Waals surface area contributed by atoms with Crippen LogP contribution in [0.4, 0.5) is 5.82 Å². The van der Waals surface area contributed by atoms with Gasteiger partial charge in [0.15, 0.2) is 0 Å². The molecule has 3 rings (SSSR count). The fraction of sp³-hybridized carbons (Fsp3) is 0.533. The molecule has 19 heavy (non-hydrogen) atoms. The predicted octanol–water partition coefficient (Wildman–Crippen LogP) is 3.15. The molecule has 1 aliphatic carbocycles. The van der Waals surface area contributed by atoms with Crippen LogP contribution in [-0.4, -0.2) is 17.6 Å². The van der Waals surface area contributed by atoms with E-state index in [-0.39, 0.29) is 0 Å². The van der Waals surface area contributed by atoms with E-state index in [1.807, 2.05) is 12.1 Å². The van der Waals surface area contributed by atoms with E-state index in [1.165, 1.54) is 32.1 Å². The van der Waals surface area contributed by atoms with E-state index in [0.717, 1.165) is 16.8 Å². The van der Waals surface area contributed by atoms with E-state index in [2.05, 4.69) is 10.3 Å². The normalized spacial score (nSPS) is 18.6. The molecule has 3 N–H and O–H groups in total. The van der Waals surface area contributed by atoms with Crippen molar-refractivity contribution >= 4 is 16.8 Å². The third-order valence-corrected chi connectivity index (χ3v) is 4.17. The summed E-state index contributed by atoms with van der Waals surface area (Å²) >= 11 is 0. The molecule has 2 aromatic heterocycles. The van der Waals surface area contributed by atoms with E-state index < -0.39 is 0 Å². The van der Waals surface area contributed by atoms with Crippen LogP contribution in [0.2, 0.25) is 0 Å². The van der Waals surface area contributed by atoms with Crippen LogP contribution in [0.25, 0.3) is 11.0 Å². The van der Waals surface area contributed by atoms with Crippen molar-refractivity contribution < 1.29 is 4.42 Å². The van der Waals surface area contributed by atoms with Gasteiger partial charge in [0, 0.05) is 18.8 Å². The van der Waals surface area contributed by atoms with Gasteiger partial charge in [-0.3, -0.25) is 0 Å². The lowest BCUT2D eigenvalue weighted by Gasteiger charge is -2.30. The monoisotopic (exact) mass is 259 g/mol. The molecule has 4 heteroatoms. The van der Waals surface area contributed by atoms with Gasteiger partial charge >= 0.3 is 0 Å². The lowest BCUT2D eigenvalue weighted by Crippen LogP contribution is -2.37. The van der Waals surface area contributed by atoms with Crippen LogP contribution in [0, 0.1) is 5.92 Å². The molecule has 0 saturated heterocycles. The summed E-state index contributed by atoms with van der Waals surface area (Å²) < 4.78 is 5.41. The fourth-order valence-electron chi connectivity index (χ4n) is 3.09. The summed E-state index contributed by atoms with van der Waals surface area (Å²) in [5.41, 5.74) is 6.83. The molecule has 1 fully saturated rings. The highest BCUT2D eigenvalue weighted by atomic mass is 16.3. The Balaban J connectivity index is 1.79. The summed E-state index contributed by atoms with van der Waals surface area (Å²) in [6, 6.07) is 4.16. The molecule has 2 aromatic rings. The SMILES string of the molecule is NCC(Nc1nccc2occc12)C1CCCCC1. The van der Waals surface area contributed by atoms with Crippen molar-refractivity contribution in [3.05, 3.63) is 24.6 Å². The van der Waals surface area contributed by atoms with Crippen LogP contribution >= 0.6 is 0 Å². The Morgan fingerprint density at radius 3 is 2.95 bits per heavy atom. The summed E-state index contributed by atoms with van der Waals surface area (Å²) in [7, 11) is 0. The number of pyridine rings is 1. The quantitative estimate of drug-likeness (QED) is 0.885. The Labute approximate surface area is 113 Å². The number of furan rings is 1. The number of nitrogens with zero attached hydrogens (tertiary/aromatic N) is 1. The predicted molar refractivity (Wildman–Crippen MR) is 77.0 cm³/mol. The lowest BCUT2D eigenvalue weighted by atomic mass is 9.84. The van der Waals surface area contributed by atoms with E-state index in [1.54, 1.807) is 12.5 Å². The fourth-order valence-corrected chi connectivity index (χ4v) is 3.09. The standard InChI is InChI=1S/C15H21N3O/c16-10-13(11-4-2-1-3-5-11)18-15-12-7-9-19-14(12)6-8-17-15/h6-9,11,13H,1-5,10,16H2,(H,17,18). The number of rotatable bonds is 4. The van der Waals surface area contributed by atoms with Gasteiger partial charge in [-0.15, -0.1) is 0 Å². The van der Waals surface area contributed by atoms with E-state index >= 15 is 0 Å². The Bertz CT molecular complexity index is 531. The second-order valence-electron chi connectivity index (χ2n) is 5.38. The molecule has 0 amide bonds. The molecular formula is C15H21N3O. The first-order chi connectivity index (χ1) is 9.38. The molecule has 4 nitrogen and oxygen atoms in total. The first kappa shape index (κ1) is 12.5. The van der Waals surface area contributed by atoms with Crippen molar-refractivity contribution in [2.45, 2.75) is 38.1 Å². The van der Waals surface area contributed by atoms with Gasteiger partial charge in [0.25, 0.3) is 0 Å². The molecule has 1 unspecified atom stereocenters. The average Bonchev–Trinajstić information content (AvgIpc) is 2.95. The maximum absolute atomic E-state index is 5.96. The molecule has 0 bridgehead atoms. The van der Waals surface area contributed by atoms with Gasteiger partial charge < -0.3 is 15.5 Å². The zero-order valence-corrected chi connectivity index (χ0v) is 11.1. The number of nitrogens with two attached hydrogens (primary N) is 1. The number of nitrogens with one attached hydrogen (secondary N) is 1. The third kappa shape index (κ3) is 2.59. The van der Waals surface area contributed by atoms with Gasteiger partial charge in [0.2, 0.25) is 0 Å². The Hall–Kier alpha value is -1.55. The van der Waals surface area contributed by atoms with Gasteiger partial charge in [-0.1, -0.05) is 19.3 Å². The average molecular weight is 259 g/mol. The Morgan fingerprint density at radius 1 is 1.32 bits per heavy atom. The minimum Gasteiger partial charge on any atom is -0.464 e. The topological polar surface area (TPSA) is 64.1 Å². The summed E-state index contributed by atoms with van der Waals surface area (Å²) in [4.78, 5) is 4.44. The number of anilines is 1. The van der Waals surface area contributed by atoms with E-state index in [0.29, 0.717) is 18.5 Å². The van der Waals surface area contributed by atoms with E-state index in [9.17, 15) is 0 Å². The van der Waals surface area contributed by atoms with Crippen LogP contribution in [-0.2, 0) is 0 Å². The van der Waals surface area contributed by atoms with Gasteiger partial charge in [0.1, 0.15) is 11.4 Å². The van der Waals surface area contributed by atoms with Crippen molar-refractivity contribution in [3.8, 4) is 0 Å². The van der Waals surface area contributed by atoms with Gasteiger partial charge in [-0.05, 0) is 30.9 Å². The van der Waals surface area contributed by atoms with E-state index in [4.69, 9.17) is 10.2 Å². The molecule has 0 aliphatic heterocycles. The Kier molecular flexibility index (Phi) is 3.69. The van der Waals surface area contributed by atoms with Crippen LogP contribution in [0.3, 0.4) is 0 Å². The zero-order valence-electron chi connectivity index (χ0n) is 11.1. The van der Waals surface area contributed by atoms with Crippen LogP contribution in [0.5, 0.6) is 0 Å². The van der Waals surface area contributed by atoms with Crippen LogP contribution in [0.15, 0.2) is 29.0 Å². The highest BCUT2D eigenvalue weighted by Crippen LogP contribution is 2.29. The molecule has 2 heterocycles. The Morgan fingerprint density at radius 2 is 2.16 bits per heavy atom. The molecule has 1 saturated carbocycles. The number of hydrogen-bond acceptors (Lipinski definition) is 4. The van der Waals surface area contributed by atoms with Crippen molar-refractivity contribution in [1.82, 2.24) is 4.98 Å². The molecule has 1 aliphatic rings. The maximum Gasteiger partial charge on any atom is 0.139 e. The second-order valence-corrected chi connectivity index (χ2v) is 5.38. The van der Waals surface area contributed by atoms with Gasteiger partial charge in [-0.25, -0.2) is 4.98 Å². The smallest absolute Gasteiger partial charge is 0.139 e. The summed E-state index contributed by atoms with van der Waals surface area (Å²) in [6.45, 7) is 0.653. The molecule has 1 atom stereocenters. The highest BCUT2D eigenvalue weighted by Gasteiger charge is 2.23. The number of aromatic nitrogens is 1. The van der Waals surface area contributed by atoms with Gasteiger partial charge in [0.05, 0.1) is 11.6 Å². The highest BCUT2D eigenvalue weighted by molar-refractivity contribution is 5.87. The minimum absolute atomic E-state index is 0.313. The first-order valence-electron chi connectivity index (χ1n) is 7.17. The summed E-state index contributed by atoms with van der Waals surface area (Å²) in [5, 5.41) is 4.57. The second kappa shape index (κ2) is 5.61. The molecule has 102 valence electrons. The first-order valence-corrected chi connectivity index (χ1v) is 7.17. The molecule has 0 aromatic carbocycles. The number of fused-ring (bicyclic) bond motifs is 1. The zero-order chi connectivity index (χ0) is 13.1.